The van der Waals surface area contributed by atoms with Crippen LogP contribution in [0.25, 0.3) is 0 Å². The van der Waals surface area contributed by atoms with Crippen molar-refractivity contribution in [3.05, 3.63) is 0 Å². The van der Waals surface area contributed by atoms with Gasteiger partial charge in [-0.25, -0.2) is 0 Å². The number of carbonyl (C=O) groups excluding carboxylic acids is 2. The van der Waals surface area contributed by atoms with E-state index in [2.05, 4.69) is 11.8 Å². The van der Waals surface area contributed by atoms with E-state index >= 15 is 0 Å². The van der Waals surface area contributed by atoms with E-state index in [-0.39, 0.29) is 17.2 Å². The van der Waals surface area contributed by atoms with Crippen LogP contribution in [0, 0.1) is 28.6 Å². The van der Waals surface area contributed by atoms with Crippen molar-refractivity contribution in [3.8, 4) is 0 Å². The van der Waals surface area contributed by atoms with Crippen LogP contribution in [0.2, 0.25) is 0 Å². The number of hydrogen-bond acceptors (Lipinski definition) is 3. The SMILES string of the molecule is COCC(C)C(=O)N1CC(C2CCCCN(C(=O)C3(C)CC4(CC4)C3)C2)C1. The summed E-state index contributed by atoms with van der Waals surface area (Å²) in [4.78, 5) is 29.8. The summed E-state index contributed by atoms with van der Waals surface area (Å²) >= 11 is 0. The smallest absolute Gasteiger partial charge is 0.228 e. The lowest BCUT2D eigenvalue weighted by Gasteiger charge is -2.48. The second-order valence-electron chi connectivity index (χ2n) is 10.3. The van der Waals surface area contributed by atoms with Gasteiger partial charge in [0.25, 0.3) is 0 Å². The summed E-state index contributed by atoms with van der Waals surface area (Å²) in [5, 5.41) is 0. The van der Waals surface area contributed by atoms with Crippen LogP contribution in [0.5, 0.6) is 0 Å². The quantitative estimate of drug-likeness (QED) is 0.741. The number of likely N-dealkylation sites (tertiary alicyclic amines) is 2. The number of carbonyl (C=O) groups is 2. The Kier molecular flexibility index (Phi) is 5.02. The van der Waals surface area contributed by atoms with E-state index in [0.717, 1.165) is 45.4 Å². The maximum atomic E-state index is 13.2. The minimum atomic E-state index is -0.0947. The molecule has 4 fully saturated rings. The number of methoxy groups -OCH3 is 1. The van der Waals surface area contributed by atoms with Gasteiger partial charge in [-0.05, 0) is 55.8 Å². The monoisotopic (exact) mass is 376 g/mol. The van der Waals surface area contributed by atoms with Crippen molar-refractivity contribution < 1.29 is 14.3 Å². The summed E-state index contributed by atoms with van der Waals surface area (Å²) in [5.41, 5.74) is 0.464. The second-order valence-corrected chi connectivity index (χ2v) is 10.3. The van der Waals surface area contributed by atoms with Gasteiger partial charge in [0.05, 0.1) is 12.5 Å². The van der Waals surface area contributed by atoms with Gasteiger partial charge in [0.2, 0.25) is 11.8 Å². The lowest BCUT2D eigenvalue weighted by atomic mass is 9.60. The molecule has 2 unspecified atom stereocenters. The molecule has 2 aliphatic carbocycles. The van der Waals surface area contributed by atoms with Crippen molar-refractivity contribution in [1.29, 1.82) is 0 Å². The van der Waals surface area contributed by atoms with Gasteiger partial charge < -0.3 is 14.5 Å². The molecule has 27 heavy (non-hydrogen) atoms. The zero-order valence-electron chi connectivity index (χ0n) is 17.3. The van der Waals surface area contributed by atoms with Crippen molar-refractivity contribution in [1.82, 2.24) is 9.80 Å². The predicted molar refractivity (Wildman–Crippen MR) is 104 cm³/mol. The molecule has 0 N–H and O–H groups in total. The summed E-state index contributed by atoms with van der Waals surface area (Å²) in [5.74, 6) is 1.67. The highest BCUT2D eigenvalue weighted by Gasteiger charge is 2.62. The molecule has 4 rings (SSSR count). The highest BCUT2D eigenvalue weighted by molar-refractivity contribution is 5.84. The molecule has 5 nitrogen and oxygen atoms in total. The van der Waals surface area contributed by atoms with Crippen LogP contribution in [0.3, 0.4) is 0 Å². The van der Waals surface area contributed by atoms with Crippen LogP contribution in [-0.4, -0.2) is 61.5 Å². The average molecular weight is 377 g/mol. The van der Waals surface area contributed by atoms with Gasteiger partial charge in [-0.3, -0.25) is 9.59 Å². The Morgan fingerprint density at radius 2 is 1.74 bits per heavy atom. The summed E-state index contributed by atoms with van der Waals surface area (Å²) in [6, 6.07) is 0. The van der Waals surface area contributed by atoms with Crippen LogP contribution in [0.15, 0.2) is 0 Å². The second kappa shape index (κ2) is 7.06. The van der Waals surface area contributed by atoms with Gasteiger partial charge in [0.1, 0.15) is 0 Å². The zero-order chi connectivity index (χ0) is 19.2. The molecule has 152 valence electrons. The molecule has 0 radical (unpaired) electrons. The summed E-state index contributed by atoms with van der Waals surface area (Å²) < 4.78 is 5.12. The van der Waals surface area contributed by atoms with Gasteiger partial charge >= 0.3 is 0 Å². The Morgan fingerprint density at radius 1 is 1.07 bits per heavy atom. The summed E-state index contributed by atoms with van der Waals surface area (Å²) in [6.07, 6.45) is 8.44. The molecule has 2 amide bonds. The van der Waals surface area contributed by atoms with Crippen molar-refractivity contribution in [2.24, 2.45) is 28.6 Å². The molecular weight excluding hydrogens is 340 g/mol. The fourth-order valence-corrected chi connectivity index (χ4v) is 6.03. The Morgan fingerprint density at radius 3 is 2.37 bits per heavy atom. The van der Waals surface area contributed by atoms with Crippen LogP contribution in [0.4, 0.5) is 0 Å². The zero-order valence-corrected chi connectivity index (χ0v) is 17.3. The topological polar surface area (TPSA) is 49.9 Å². The summed E-state index contributed by atoms with van der Waals surface area (Å²) in [6.45, 7) is 8.18. The van der Waals surface area contributed by atoms with Crippen molar-refractivity contribution >= 4 is 11.8 Å². The molecule has 4 aliphatic rings. The molecule has 0 aromatic carbocycles. The molecule has 0 aromatic rings. The Hall–Kier alpha value is -1.10. The molecule has 2 saturated carbocycles. The first-order chi connectivity index (χ1) is 12.9. The molecular formula is C22H36N2O3. The standard InChI is InChI=1S/C22H36N2O3/c1-16(13-27-3)19(25)24-11-18(12-24)17-6-4-5-9-23(10-17)20(26)21(2)14-22(15-21)7-8-22/h16-18H,4-15H2,1-3H3. The minimum absolute atomic E-state index is 0.0588. The highest BCUT2D eigenvalue weighted by Crippen LogP contribution is 2.68. The van der Waals surface area contributed by atoms with E-state index in [4.69, 9.17) is 4.74 Å². The van der Waals surface area contributed by atoms with E-state index in [9.17, 15) is 9.59 Å². The first-order valence-electron chi connectivity index (χ1n) is 10.9. The fraction of sp³-hybridized carbons (Fsp3) is 0.909. The Bertz CT molecular complexity index is 586. The highest BCUT2D eigenvalue weighted by atomic mass is 16.5. The number of amides is 2. The third kappa shape index (κ3) is 3.64. The van der Waals surface area contributed by atoms with Crippen molar-refractivity contribution in [2.45, 2.75) is 58.8 Å². The number of ether oxygens (including phenoxy) is 1. The molecule has 2 saturated heterocycles. The van der Waals surface area contributed by atoms with Crippen LogP contribution >= 0.6 is 0 Å². The maximum absolute atomic E-state index is 13.2. The van der Waals surface area contributed by atoms with Gasteiger partial charge in [-0.2, -0.15) is 0 Å². The number of nitrogens with zero attached hydrogens (tertiary/aromatic N) is 2. The number of rotatable bonds is 5. The predicted octanol–water partition coefficient (Wildman–Crippen LogP) is 2.94. The van der Waals surface area contributed by atoms with Gasteiger partial charge in [0.15, 0.2) is 0 Å². The third-order valence-electron chi connectivity index (χ3n) is 7.73. The average Bonchev–Trinajstić information content (AvgIpc) is 3.36. The molecule has 2 heterocycles. The van der Waals surface area contributed by atoms with Crippen LogP contribution < -0.4 is 0 Å². The first kappa shape index (κ1) is 19.2. The van der Waals surface area contributed by atoms with E-state index in [1.54, 1.807) is 7.11 Å². The molecule has 2 atom stereocenters. The van der Waals surface area contributed by atoms with E-state index in [0.29, 0.717) is 29.8 Å². The van der Waals surface area contributed by atoms with Crippen molar-refractivity contribution in [2.75, 3.05) is 39.9 Å². The molecule has 1 spiro atoms. The molecule has 2 aliphatic heterocycles. The molecule has 5 heteroatoms. The fourth-order valence-electron chi connectivity index (χ4n) is 6.03. The van der Waals surface area contributed by atoms with Gasteiger partial charge in [-0.15, -0.1) is 0 Å². The lowest BCUT2D eigenvalue weighted by molar-refractivity contribution is -0.153. The van der Waals surface area contributed by atoms with E-state index in [1.807, 2.05) is 11.8 Å². The Balaban J connectivity index is 1.30. The van der Waals surface area contributed by atoms with Crippen molar-refractivity contribution in [3.63, 3.8) is 0 Å². The molecule has 0 aromatic heterocycles. The largest absolute Gasteiger partial charge is 0.384 e. The van der Waals surface area contributed by atoms with Gasteiger partial charge in [-0.1, -0.05) is 20.3 Å². The normalized spacial score (nSPS) is 30.3. The first-order valence-corrected chi connectivity index (χ1v) is 10.9. The van der Waals surface area contributed by atoms with Gasteiger partial charge in [0, 0.05) is 38.7 Å². The minimum Gasteiger partial charge on any atom is -0.384 e. The summed E-state index contributed by atoms with van der Waals surface area (Å²) in [7, 11) is 1.65. The molecule has 0 bridgehead atoms. The van der Waals surface area contributed by atoms with E-state index < -0.39 is 0 Å². The lowest BCUT2D eigenvalue weighted by Crippen LogP contribution is -2.57. The number of hydrogen-bond donors (Lipinski definition) is 0. The van der Waals surface area contributed by atoms with Crippen LogP contribution in [-0.2, 0) is 14.3 Å². The maximum Gasteiger partial charge on any atom is 0.228 e. The third-order valence-corrected chi connectivity index (χ3v) is 7.73. The Labute approximate surface area is 163 Å². The van der Waals surface area contributed by atoms with E-state index in [1.165, 1.54) is 25.7 Å². The van der Waals surface area contributed by atoms with Crippen LogP contribution in [0.1, 0.15) is 58.8 Å².